The molecule has 0 spiro atoms. The predicted octanol–water partition coefficient (Wildman–Crippen LogP) is 6.00. The van der Waals surface area contributed by atoms with Crippen LogP contribution in [0, 0.1) is 0 Å². The fourth-order valence-electron chi connectivity index (χ4n) is 2.47. The Labute approximate surface area is 173 Å². The molecule has 4 rings (SSSR count). The molecule has 0 unspecified atom stereocenters. The summed E-state index contributed by atoms with van der Waals surface area (Å²) in [6.07, 6.45) is 1.80. The fourth-order valence-corrected chi connectivity index (χ4v) is 4.75. The van der Waals surface area contributed by atoms with Crippen molar-refractivity contribution < 1.29 is 4.79 Å². The fraction of sp³-hybridized carbons (Fsp3) is 0.0500. The number of nitrogens with one attached hydrogen (secondary N) is 1. The topological polar surface area (TPSA) is 54.9 Å². The Morgan fingerprint density at radius 1 is 1.11 bits per heavy atom. The molecule has 0 fully saturated rings. The van der Waals surface area contributed by atoms with E-state index in [0.717, 1.165) is 36.2 Å². The zero-order valence-electron chi connectivity index (χ0n) is 14.1. The first-order valence-electron chi connectivity index (χ1n) is 8.17. The van der Waals surface area contributed by atoms with Crippen LogP contribution in [0.15, 0.2) is 75.7 Å². The molecule has 0 aliphatic heterocycles. The minimum absolute atomic E-state index is 0.129. The molecule has 2 aromatic carbocycles. The van der Waals surface area contributed by atoms with E-state index in [1.54, 1.807) is 41.4 Å². The lowest BCUT2D eigenvalue weighted by molar-refractivity contribution is 0.102. The summed E-state index contributed by atoms with van der Waals surface area (Å²) in [5.41, 5.74) is 3.35. The first-order valence-corrected chi connectivity index (χ1v) is 10.8. The summed E-state index contributed by atoms with van der Waals surface area (Å²) >= 11 is 6.67. The number of carbonyl (C=O) groups excluding carboxylic acids is 1. The van der Waals surface area contributed by atoms with Gasteiger partial charge in [-0.2, -0.15) is 0 Å². The second kappa shape index (κ2) is 8.21. The Morgan fingerprint density at radius 3 is 2.74 bits per heavy atom. The Hall–Kier alpha value is -2.22. The van der Waals surface area contributed by atoms with Gasteiger partial charge in [-0.1, -0.05) is 33.8 Å². The number of aromatic nitrogens is 2. The molecule has 0 saturated carbocycles. The number of hydrogen-bond donors (Lipinski definition) is 1. The van der Waals surface area contributed by atoms with Crippen molar-refractivity contribution >= 4 is 60.8 Å². The molecular formula is C20H14BrN3OS2. The Balaban J connectivity index is 1.47. The zero-order chi connectivity index (χ0) is 18.6. The van der Waals surface area contributed by atoms with Gasteiger partial charge in [0.2, 0.25) is 0 Å². The third kappa shape index (κ3) is 4.55. The Bertz CT molecular complexity index is 1080. The number of nitrogens with zero attached hydrogens (tertiary/aromatic N) is 2. The average molecular weight is 456 g/mol. The third-order valence-electron chi connectivity index (χ3n) is 3.80. The van der Waals surface area contributed by atoms with Crippen LogP contribution < -0.4 is 5.32 Å². The number of halogens is 1. The van der Waals surface area contributed by atoms with E-state index >= 15 is 0 Å². The first kappa shape index (κ1) is 18.2. The molecule has 0 atom stereocenters. The van der Waals surface area contributed by atoms with Gasteiger partial charge in [0, 0.05) is 27.7 Å². The highest BCUT2D eigenvalue weighted by Crippen LogP contribution is 2.32. The van der Waals surface area contributed by atoms with Crippen LogP contribution in [-0.4, -0.2) is 15.9 Å². The molecule has 4 nitrogen and oxygen atoms in total. The van der Waals surface area contributed by atoms with Crippen LogP contribution in [-0.2, 0) is 5.75 Å². The zero-order valence-corrected chi connectivity index (χ0v) is 17.3. The second-order valence-corrected chi connectivity index (χ2v) is 8.90. The minimum Gasteiger partial charge on any atom is -0.322 e. The summed E-state index contributed by atoms with van der Waals surface area (Å²) in [7, 11) is 0. The van der Waals surface area contributed by atoms with Crippen molar-refractivity contribution in [2.75, 3.05) is 5.32 Å². The maximum atomic E-state index is 12.4. The Morgan fingerprint density at radius 2 is 1.96 bits per heavy atom. The number of fused-ring (bicyclic) bond motifs is 1. The van der Waals surface area contributed by atoms with Crippen LogP contribution in [0.25, 0.3) is 10.2 Å². The summed E-state index contributed by atoms with van der Waals surface area (Å²) in [5, 5.41) is 2.94. The highest BCUT2D eigenvalue weighted by Gasteiger charge is 2.09. The number of amides is 1. The van der Waals surface area contributed by atoms with E-state index in [1.165, 1.54) is 0 Å². The van der Waals surface area contributed by atoms with E-state index in [0.29, 0.717) is 5.56 Å². The van der Waals surface area contributed by atoms with Crippen molar-refractivity contribution in [1.29, 1.82) is 0 Å². The molecular weight excluding hydrogens is 442 g/mol. The van der Waals surface area contributed by atoms with Crippen LogP contribution in [0.3, 0.4) is 0 Å². The third-order valence-corrected chi connectivity index (χ3v) is 6.53. The van der Waals surface area contributed by atoms with E-state index in [2.05, 4.69) is 31.2 Å². The van der Waals surface area contributed by atoms with Crippen molar-refractivity contribution in [3.05, 3.63) is 82.6 Å². The first-order chi connectivity index (χ1) is 13.2. The molecule has 1 N–H and O–H groups in total. The SMILES string of the molecule is O=C(Nc1ccc2nc(SCc3ccccn3)sc2c1)c1ccc(Br)cc1. The van der Waals surface area contributed by atoms with Crippen molar-refractivity contribution in [3.8, 4) is 0 Å². The number of hydrogen-bond acceptors (Lipinski definition) is 5. The van der Waals surface area contributed by atoms with Crippen LogP contribution in [0.2, 0.25) is 0 Å². The van der Waals surface area contributed by atoms with Crippen molar-refractivity contribution in [2.45, 2.75) is 10.1 Å². The molecule has 27 heavy (non-hydrogen) atoms. The molecule has 2 aromatic heterocycles. The smallest absolute Gasteiger partial charge is 0.255 e. The maximum Gasteiger partial charge on any atom is 0.255 e. The van der Waals surface area contributed by atoms with Gasteiger partial charge in [0.25, 0.3) is 5.91 Å². The lowest BCUT2D eigenvalue weighted by Gasteiger charge is -2.05. The van der Waals surface area contributed by atoms with Crippen LogP contribution in [0.5, 0.6) is 0 Å². The molecule has 1 amide bonds. The van der Waals surface area contributed by atoms with Gasteiger partial charge < -0.3 is 5.32 Å². The summed E-state index contributed by atoms with van der Waals surface area (Å²) in [6, 6.07) is 19.0. The van der Waals surface area contributed by atoms with Crippen LogP contribution in [0.1, 0.15) is 16.1 Å². The van der Waals surface area contributed by atoms with Gasteiger partial charge in [0.05, 0.1) is 15.9 Å². The van der Waals surface area contributed by atoms with Gasteiger partial charge in [0.15, 0.2) is 4.34 Å². The standard InChI is InChI=1S/C20H14BrN3OS2/c21-14-6-4-13(5-7-14)19(25)23-15-8-9-17-18(11-15)27-20(24-17)26-12-16-3-1-2-10-22-16/h1-11H,12H2,(H,23,25). The quantitative estimate of drug-likeness (QED) is 0.375. The number of anilines is 1. The number of benzene rings is 2. The minimum atomic E-state index is -0.129. The molecule has 134 valence electrons. The number of rotatable bonds is 5. The molecule has 7 heteroatoms. The molecule has 0 aliphatic rings. The Kier molecular flexibility index (Phi) is 5.52. The van der Waals surface area contributed by atoms with E-state index < -0.39 is 0 Å². The van der Waals surface area contributed by atoms with E-state index in [9.17, 15) is 4.79 Å². The van der Waals surface area contributed by atoms with Crippen molar-refractivity contribution in [2.24, 2.45) is 0 Å². The van der Waals surface area contributed by atoms with Gasteiger partial charge in [-0.3, -0.25) is 9.78 Å². The number of pyridine rings is 1. The highest BCUT2D eigenvalue weighted by molar-refractivity contribution is 9.10. The second-order valence-electron chi connectivity index (χ2n) is 5.73. The van der Waals surface area contributed by atoms with Gasteiger partial charge in [-0.05, 0) is 54.6 Å². The van der Waals surface area contributed by atoms with E-state index in [-0.39, 0.29) is 5.91 Å². The van der Waals surface area contributed by atoms with Crippen LogP contribution in [0.4, 0.5) is 5.69 Å². The lowest BCUT2D eigenvalue weighted by atomic mass is 10.2. The van der Waals surface area contributed by atoms with Crippen LogP contribution >= 0.6 is 39.0 Å². The number of thioether (sulfide) groups is 1. The largest absolute Gasteiger partial charge is 0.322 e. The number of thiazole rings is 1. The maximum absolute atomic E-state index is 12.4. The summed E-state index contributed by atoms with van der Waals surface area (Å²) in [5.74, 6) is 0.657. The summed E-state index contributed by atoms with van der Waals surface area (Å²) < 4.78 is 2.99. The van der Waals surface area contributed by atoms with Crippen molar-refractivity contribution in [1.82, 2.24) is 9.97 Å². The summed E-state index contributed by atoms with van der Waals surface area (Å²) in [4.78, 5) is 21.4. The molecule has 4 aromatic rings. The van der Waals surface area contributed by atoms with Gasteiger partial charge >= 0.3 is 0 Å². The van der Waals surface area contributed by atoms with Gasteiger partial charge in [0.1, 0.15) is 0 Å². The molecule has 0 radical (unpaired) electrons. The monoisotopic (exact) mass is 455 g/mol. The van der Waals surface area contributed by atoms with E-state index in [1.807, 2.05) is 48.5 Å². The van der Waals surface area contributed by atoms with E-state index in [4.69, 9.17) is 0 Å². The molecule has 0 bridgehead atoms. The lowest BCUT2D eigenvalue weighted by Crippen LogP contribution is -2.11. The molecule has 2 heterocycles. The normalized spacial score (nSPS) is 10.9. The summed E-state index contributed by atoms with van der Waals surface area (Å²) in [6.45, 7) is 0. The molecule has 0 aliphatic carbocycles. The molecule has 0 saturated heterocycles. The van der Waals surface area contributed by atoms with Gasteiger partial charge in [-0.15, -0.1) is 11.3 Å². The highest BCUT2D eigenvalue weighted by atomic mass is 79.9. The van der Waals surface area contributed by atoms with Gasteiger partial charge in [-0.25, -0.2) is 4.98 Å². The predicted molar refractivity (Wildman–Crippen MR) is 116 cm³/mol. The van der Waals surface area contributed by atoms with Crippen molar-refractivity contribution in [3.63, 3.8) is 0 Å². The average Bonchev–Trinajstić information content (AvgIpc) is 3.10. The number of carbonyl (C=O) groups is 1.